The Bertz CT molecular complexity index is 430. The van der Waals surface area contributed by atoms with E-state index in [1.54, 1.807) is 0 Å². The summed E-state index contributed by atoms with van der Waals surface area (Å²) in [6.07, 6.45) is 9.83. The van der Waals surface area contributed by atoms with Crippen molar-refractivity contribution in [2.75, 3.05) is 0 Å². The maximum absolute atomic E-state index is 12.1. The van der Waals surface area contributed by atoms with Gasteiger partial charge in [0.25, 0.3) is 0 Å². The molecule has 1 aromatic carbocycles. The van der Waals surface area contributed by atoms with E-state index >= 15 is 0 Å². The van der Waals surface area contributed by atoms with Crippen LogP contribution in [-0.2, 0) is 4.79 Å². The molecule has 0 saturated heterocycles. The van der Waals surface area contributed by atoms with Crippen LogP contribution in [0.3, 0.4) is 0 Å². The molecule has 0 bridgehead atoms. The number of ketones is 1. The molecule has 0 radical (unpaired) electrons. The van der Waals surface area contributed by atoms with Gasteiger partial charge in [0.15, 0.2) is 0 Å². The Morgan fingerprint density at radius 1 is 1.16 bits per heavy atom. The Labute approximate surface area is 116 Å². The zero-order valence-corrected chi connectivity index (χ0v) is 11.9. The molecule has 1 aromatic rings. The SMILES string of the molecule is CCCCCC1C(=O)CCCC1=Cc1ccccc1. The van der Waals surface area contributed by atoms with E-state index in [-0.39, 0.29) is 5.92 Å². The maximum Gasteiger partial charge on any atom is 0.140 e. The van der Waals surface area contributed by atoms with Gasteiger partial charge in [0.2, 0.25) is 0 Å². The van der Waals surface area contributed by atoms with Crippen LogP contribution in [0.2, 0.25) is 0 Å². The summed E-state index contributed by atoms with van der Waals surface area (Å²) >= 11 is 0. The third-order valence-corrected chi connectivity index (χ3v) is 3.97. The van der Waals surface area contributed by atoms with Gasteiger partial charge in [0.05, 0.1) is 0 Å². The summed E-state index contributed by atoms with van der Waals surface area (Å²) < 4.78 is 0. The van der Waals surface area contributed by atoms with Gasteiger partial charge >= 0.3 is 0 Å². The summed E-state index contributed by atoms with van der Waals surface area (Å²) in [4.78, 5) is 12.1. The summed E-state index contributed by atoms with van der Waals surface area (Å²) in [7, 11) is 0. The minimum atomic E-state index is 0.195. The van der Waals surface area contributed by atoms with Crippen LogP contribution in [0.1, 0.15) is 57.4 Å². The van der Waals surface area contributed by atoms with Crippen LogP contribution in [0.25, 0.3) is 6.08 Å². The predicted molar refractivity (Wildman–Crippen MR) is 80.9 cm³/mol. The topological polar surface area (TPSA) is 17.1 Å². The fourth-order valence-corrected chi connectivity index (χ4v) is 2.90. The van der Waals surface area contributed by atoms with Crippen molar-refractivity contribution in [3.63, 3.8) is 0 Å². The van der Waals surface area contributed by atoms with Crippen molar-refractivity contribution in [2.45, 2.75) is 51.9 Å². The van der Waals surface area contributed by atoms with E-state index in [9.17, 15) is 4.79 Å². The lowest BCUT2D eigenvalue weighted by atomic mass is 9.79. The highest BCUT2D eigenvalue weighted by molar-refractivity contribution is 5.86. The molecule has 0 spiro atoms. The number of benzene rings is 1. The number of unbranched alkanes of at least 4 members (excludes halogenated alkanes) is 2. The van der Waals surface area contributed by atoms with Crippen LogP contribution in [0, 0.1) is 5.92 Å². The normalized spacial score (nSPS) is 21.8. The lowest BCUT2D eigenvalue weighted by Gasteiger charge is -2.24. The molecule has 0 amide bonds. The highest BCUT2D eigenvalue weighted by Gasteiger charge is 2.25. The molecule has 2 rings (SSSR count). The van der Waals surface area contributed by atoms with Gasteiger partial charge in [-0.15, -0.1) is 0 Å². The lowest BCUT2D eigenvalue weighted by molar-refractivity contribution is -0.122. The van der Waals surface area contributed by atoms with Crippen molar-refractivity contribution in [3.05, 3.63) is 41.5 Å². The molecular formula is C18H24O. The van der Waals surface area contributed by atoms with Crippen LogP contribution in [0.4, 0.5) is 0 Å². The first-order valence-corrected chi connectivity index (χ1v) is 7.59. The first-order valence-electron chi connectivity index (χ1n) is 7.59. The van der Waals surface area contributed by atoms with E-state index in [1.165, 1.54) is 30.4 Å². The fourth-order valence-electron chi connectivity index (χ4n) is 2.90. The molecule has 102 valence electrons. The number of carbonyl (C=O) groups excluding carboxylic acids is 1. The zero-order valence-electron chi connectivity index (χ0n) is 11.9. The van der Waals surface area contributed by atoms with Gasteiger partial charge in [-0.05, 0) is 24.8 Å². The standard InChI is InChI=1S/C18H24O/c1-2-3-5-12-17-16(11-8-13-18(17)19)14-15-9-6-4-7-10-15/h4,6-7,9-10,14,17H,2-3,5,8,11-13H2,1H3. The smallest absolute Gasteiger partial charge is 0.140 e. The van der Waals surface area contributed by atoms with Gasteiger partial charge in [0, 0.05) is 12.3 Å². The van der Waals surface area contributed by atoms with Crippen molar-refractivity contribution in [1.82, 2.24) is 0 Å². The number of Topliss-reactive ketones (excluding diaryl/α,β-unsaturated/α-hetero) is 1. The predicted octanol–water partition coefficient (Wildman–Crippen LogP) is 5.02. The molecule has 1 aliphatic rings. The maximum atomic E-state index is 12.1. The van der Waals surface area contributed by atoms with Crippen molar-refractivity contribution >= 4 is 11.9 Å². The quantitative estimate of drug-likeness (QED) is 0.676. The average molecular weight is 256 g/mol. The molecule has 0 aliphatic heterocycles. The van der Waals surface area contributed by atoms with Crippen LogP contribution in [0.5, 0.6) is 0 Å². The Hall–Kier alpha value is -1.37. The minimum absolute atomic E-state index is 0.195. The molecule has 0 aromatic heterocycles. The summed E-state index contributed by atoms with van der Waals surface area (Å²) in [5.41, 5.74) is 2.59. The van der Waals surface area contributed by atoms with E-state index in [2.05, 4.69) is 37.3 Å². The van der Waals surface area contributed by atoms with Crippen molar-refractivity contribution < 1.29 is 4.79 Å². The third-order valence-electron chi connectivity index (χ3n) is 3.97. The van der Waals surface area contributed by atoms with Crippen LogP contribution < -0.4 is 0 Å². The Kier molecular flexibility index (Phi) is 5.38. The second-order valence-electron chi connectivity index (χ2n) is 5.50. The van der Waals surface area contributed by atoms with Crippen molar-refractivity contribution in [2.24, 2.45) is 5.92 Å². The molecule has 19 heavy (non-hydrogen) atoms. The summed E-state index contributed by atoms with van der Waals surface area (Å²) in [6, 6.07) is 10.4. The Morgan fingerprint density at radius 3 is 2.68 bits per heavy atom. The number of hydrogen-bond donors (Lipinski definition) is 0. The largest absolute Gasteiger partial charge is 0.299 e. The van der Waals surface area contributed by atoms with E-state index in [0.29, 0.717) is 5.78 Å². The fraction of sp³-hybridized carbons (Fsp3) is 0.500. The van der Waals surface area contributed by atoms with Crippen LogP contribution in [-0.4, -0.2) is 5.78 Å². The first-order chi connectivity index (χ1) is 9.31. The molecule has 1 atom stereocenters. The summed E-state index contributed by atoms with van der Waals surface area (Å²) in [5, 5.41) is 0. The highest BCUT2D eigenvalue weighted by Crippen LogP contribution is 2.32. The lowest BCUT2D eigenvalue weighted by Crippen LogP contribution is -2.21. The van der Waals surface area contributed by atoms with Gasteiger partial charge in [-0.25, -0.2) is 0 Å². The van der Waals surface area contributed by atoms with Crippen LogP contribution >= 0.6 is 0 Å². The number of hydrogen-bond acceptors (Lipinski definition) is 1. The third kappa shape index (κ3) is 4.05. The highest BCUT2D eigenvalue weighted by atomic mass is 16.1. The van der Waals surface area contributed by atoms with Gasteiger partial charge in [-0.1, -0.05) is 68.2 Å². The number of rotatable bonds is 5. The Balaban J connectivity index is 2.11. The van der Waals surface area contributed by atoms with Gasteiger partial charge in [0.1, 0.15) is 5.78 Å². The van der Waals surface area contributed by atoms with E-state index in [0.717, 1.165) is 25.7 Å². The van der Waals surface area contributed by atoms with Gasteiger partial charge in [-0.2, -0.15) is 0 Å². The summed E-state index contributed by atoms with van der Waals surface area (Å²) in [5.74, 6) is 0.657. The molecular weight excluding hydrogens is 232 g/mol. The second kappa shape index (κ2) is 7.28. The first kappa shape index (κ1) is 14.0. The zero-order chi connectivity index (χ0) is 13.5. The second-order valence-corrected chi connectivity index (χ2v) is 5.50. The molecule has 1 unspecified atom stereocenters. The number of carbonyl (C=O) groups is 1. The molecule has 1 heteroatoms. The van der Waals surface area contributed by atoms with Crippen molar-refractivity contribution in [1.29, 1.82) is 0 Å². The molecule has 1 nitrogen and oxygen atoms in total. The molecule has 0 heterocycles. The molecule has 1 fully saturated rings. The van der Waals surface area contributed by atoms with E-state index in [4.69, 9.17) is 0 Å². The van der Waals surface area contributed by atoms with Gasteiger partial charge < -0.3 is 0 Å². The summed E-state index contributed by atoms with van der Waals surface area (Å²) in [6.45, 7) is 2.21. The van der Waals surface area contributed by atoms with Crippen molar-refractivity contribution in [3.8, 4) is 0 Å². The van der Waals surface area contributed by atoms with Crippen LogP contribution in [0.15, 0.2) is 35.9 Å². The molecule has 1 aliphatic carbocycles. The monoisotopic (exact) mass is 256 g/mol. The molecule has 1 saturated carbocycles. The number of allylic oxidation sites excluding steroid dienone is 1. The van der Waals surface area contributed by atoms with Gasteiger partial charge in [-0.3, -0.25) is 4.79 Å². The molecule has 0 N–H and O–H groups in total. The minimum Gasteiger partial charge on any atom is -0.299 e. The Morgan fingerprint density at radius 2 is 1.95 bits per heavy atom. The van der Waals surface area contributed by atoms with E-state index < -0.39 is 0 Å². The average Bonchev–Trinajstić information content (AvgIpc) is 2.43. The van der Waals surface area contributed by atoms with E-state index in [1.807, 2.05) is 6.07 Å².